The number of likely N-dealkylation sites (tertiary alicyclic amines) is 1. The third-order valence-electron chi connectivity index (χ3n) is 4.55. The number of nitrogens with one attached hydrogen (secondary N) is 1. The highest BCUT2D eigenvalue weighted by Crippen LogP contribution is 2.48. The Labute approximate surface area is 136 Å². The maximum absolute atomic E-state index is 11.7. The van der Waals surface area contributed by atoms with Crippen molar-refractivity contribution < 1.29 is 28.8 Å². The van der Waals surface area contributed by atoms with Crippen molar-refractivity contribution in [2.24, 2.45) is 11.1 Å². The molecule has 1 aliphatic carbocycles. The Kier molecular flexibility index (Phi) is 4.04. The number of aromatic nitrogens is 1. The molecule has 3 rings (SSSR count). The van der Waals surface area contributed by atoms with Crippen LogP contribution in [0.5, 0.6) is 0 Å². The van der Waals surface area contributed by atoms with Crippen LogP contribution in [0.1, 0.15) is 35.5 Å². The van der Waals surface area contributed by atoms with Gasteiger partial charge in [0.2, 0.25) is 0 Å². The minimum atomic E-state index is -0.898. The minimum Gasteiger partial charge on any atom is -0.465 e. The first kappa shape index (κ1) is 16.1. The second-order valence-corrected chi connectivity index (χ2v) is 6.32. The molecule has 2 heterocycles. The quantitative estimate of drug-likeness (QED) is 0.725. The van der Waals surface area contributed by atoms with Crippen LogP contribution in [-0.4, -0.2) is 52.4 Å². The van der Waals surface area contributed by atoms with Gasteiger partial charge in [-0.2, -0.15) is 0 Å². The molecular weight excluding hydrogens is 320 g/mol. The molecule has 1 aliphatic heterocycles. The molecule has 0 aromatic carbocycles. The van der Waals surface area contributed by atoms with Crippen molar-refractivity contribution in [3.63, 3.8) is 0 Å². The molecule has 1 aromatic rings. The van der Waals surface area contributed by atoms with E-state index in [1.54, 1.807) is 0 Å². The number of amides is 3. The smallest absolute Gasteiger partial charge is 0.407 e. The van der Waals surface area contributed by atoms with Gasteiger partial charge >= 0.3 is 12.2 Å². The molecule has 3 amide bonds. The monoisotopic (exact) mass is 338 g/mol. The number of carbonyl (C=O) groups excluding carboxylic acids is 2. The number of primary amides is 1. The third kappa shape index (κ3) is 3.26. The lowest BCUT2D eigenvalue weighted by atomic mass is 9.65. The summed E-state index contributed by atoms with van der Waals surface area (Å²) in [6, 6.07) is 1.29. The van der Waals surface area contributed by atoms with Gasteiger partial charge in [0, 0.05) is 25.2 Å². The Morgan fingerprint density at radius 3 is 2.83 bits per heavy atom. The molecule has 130 valence electrons. The van der Waals surface area contributed by atoms with Gasteiger partial charge in [-0.3, -0.25) is 4.79 Å². The van der Waals surface area contributed by atoms with Gasteiger partial charge in [0.05, 0.1) is 0 Å². The molecule has 1 saturated heterocycles. The molecule has 4 N–H and O–H groups in total. The summed E-state index contributed by atoms with van der Waals surface area (Å²) in [5.74, 6) is -0.502. The molecule has 2 fully saturated rings. The highest BCUT2D eigenvalue weighted by Gasteiger charge is 2.50. The van der Waals surface area contributed by atoms with Gasteiger partial charge in [-0.1, -0.05) is 5.16 Å². The number of nitrogens with zero attached hydrogens (tertiary/aromatic N) is 2. The van der Waals surface area contributed by atoms with Crippen LogP contribution in [0.15, 0.2) is 10.6 Å². The van der Waals surface area contributed by atoms with Crippen LogP contribution in [0.2, 0.25) is 0 Å². The zero-order valence-electron chi connectivity index (χ0n) is 12.9. The lowest BCUT2D eigenvalue weighted by Crippen LogP contribution is -2.52. The molecule has 0 radical (unpaired) electrons. The molecule has 2 aliphatic rings. The van der Waals surface area contributed by atoms with Crippen molar-refractivity contribution in [1.29, 1.82) is 0 Å². The fourth-order valence-corrected chi connectivity index (χ4v) is 3.36. The van der Waals surface area contributed by atoms with E-state index in [1.807, 2.05) is 0 Å². The van der Waals surface area contributed by atoms with Gasteiger partial charge in [-0.05, 0) is 24.7 Å². The van der Waals surface area contributed by atoms with Crippen LogP contribution < -0.4 is 11.1 Å². The van der Waals surface area contributed by atoms with Crippen LogP contribution in [-0.2, 0) is 11.3 Å². The topological polar surface area (TPSA) is 148 Å². The van der Waals surface area contributed by atoms with Crippen molar-refractivity contribution in [3.05, 3.63) is 17.5 Å². The second kappa shape index (κ2) is 6.02. The zero-order chi connectivity index (χ0) is 17.3. The molecular formula is C14H18N4O6. The minimum absolute atomic E-state index is 0.0162. The Bertz CT molecular complexity index is 666. The third-order valence-corrected chi connectivity index (χ3v) is 4.55. The maximum Gasteiger partial charge on any atom is 0.407 e. The number of hydrogen-bond acceptors (Lipinski definition) is 6. The van der Waals surface area contributed by atoms with E-state index >= 15 is 0 Å². The highest BCUT2D eigenvalue weighted by molar-refractivity contribution is 5.90. The van der Waals surface area contributed by atoms with Gasteiger partial charge in [0.25, 0.3) is 5.91 Å². The summed E-state index contributed by atoms with van der Waals surface area (Å²) in [6.45, 7) is 0.903. The number of alkyl carbamates (subject to hydrolysis) is 1. The van der Waals surface area contributed by atoms with E-state index in [0.29, 0.717) is 13.1 Å². The van der Waals surface area contributed by atoms with E-state index in [2.05, 4.69) is 10.5 Å². The Hall–Kier alpha value is -2.78. The predicted octanol–water partition coefficient (Wildman–Crippen LogP) is 0.532. The van der Waals surface area contributed by atoms with E-state index in [9.17, 15) is 14.4 Å². The molecule has 10 heteroatoms. The van der Waals surface area contributed by atoms with Gasteiger partial charge in [0.15, 0.2) is 18.1 Å². The molecule has 0 bridgehead atoms. The van der Waals surface area contributed by atoms with Crippen molar-refractivity contribution >= 4 is 18.1 Å². The molecule has 10 nitrogen and oxygen atoms in total. The summed E-state index contributed by atoms with van der Waals surface area (Å²) in [6.07, 6.45) is 0.797. The van der Waals surface area contributed by atoms with E-state index in [0.717, 1.165) is 19.3 Å². The van der Waals surface area contributed by atoms with E-state index in [1.165, 1.54) is 11.0 Å². The molecule has 0 unspecified atom stereocenters. The lowest BCUT2D eigenvalue weighted by Gasteiger charge is -2.44. The van der Waals surface area contributed by atoms with Crippen molar-refractivity contribution in [2.75, 3.05) is 13.1 Å². The molecule has 1 aromatic heterocycles. The fraction of sp³-hybridized carbons (Fsp3) is 0.571. The average Bonchev–Trinajstić information content (AvgIpc) is 3.11. The van der Waals surface area contributed by atoms with Crippen LogP contribution >= 0.6 is 0 Å². The average molecular weight is 338 g/mol. The standard InChI is InChI=1S/C14H18N4O6/c15-11(19)10-3-9(24-17-10)6-23-12(20)16-8-4-14(5-8)1-2-18(7-14)13(21)22/h3,8H,1-2,4-7H2,(H2,15,19)(H,16,20)(H,21,22). The first-order valence-corrected chi connectivity index (χ1v) is 7.53. The van der Waals surface area contributed by atoms with E-state index < -0.39 is 18.1 Å². The van der Waals surface area contributed by atoms with Crippen LogP contribution in [0, 0.1) is 5.41 Å². The fourth-order valence-electron chi connectivity index (χ4n) is 3.36. The second-order valence-electron chi connectivity index (χ2n) is 6.32. The molecule has 1 saturated carbocycles. The predicted molar refractivity (Wildman–Crippen MR) is 78.0 cm³/mol. The van der Waals surface area contributed by atoms with Gasteiger partial charge in [-0.15, -0.1) is 0 Å². The first-order chi connectivity index (χ1) is 11.4. The zero-order valence-corrected chi connectivity index (χ0v) is 12.9. The summed E-state index contributed by atoms with van der Waals surface area (Å²) in [5, 5.41) is 15.2. The maximum atomic E-state index is 11.7. The van der Waals surface area contributed by atoms with E-state index in [4.69, 9.17) is 20.1 Å². The van der Waals surface area contributed by atoms with Crippen LogP contribution in [0.3, 0.4) is 0 Å². The summed E-state index contributed by atoms with van der Waals surface area (Å²) < 4.78 is 9.81. The van der Waals surface area contributed by atoms with Crippen molar-refractivity contribution in [3.8, 4) is 0 Å². The largest absolute Gasteiger partial charge is 0.465 e. The Morgan fingerprint density at radius 1 is 1.50 bits per heavy atom. The Morgan fingerprint density at radius 2 is 2.25 bits per heavy atom. The molecule has 0 atom stereocenters. The van der Waals surface area contributed by atoms with Gasteiger partial charge < -0.3 is 30.3 Å². The number of carboxylic acid groups (broad SMARTS) is 1. The molecule has 1 spiro atoms. The SMILES string of the molecule is NC(=O)c1cc(COC(=O)NC2CC3(CCN(C(=O)O)C3)C2)on1. The summed E-state index contributed by atoms with van der Waals surface area (Å²) in [7, 11) is 0. The van der Waals surface area contributed by atoms with Gasteiger partial charge in [-0.25, -0.2) is 9.59 Å². The van der Waals surface area contributed by atoms with Crippen LogP contribution in [0.4, 0.5) is 9.59 Å². The van der Waals surface area contributed by atoms with Crippen LogP contribution in [0.25, 0.3) is 0 Å². The molecule has 24 heavy (non-hydrogen) atoms. The number of ether oxygens (including phenoxy) is 1. The Balaban J connectivity index is 1.39. The lowest BCUT2D eigenvalue weighted by molar-refractivity contribution is 0.0714. The highest BCUT2D eigenvalue weighted by atomic mass is 16.6. The summed E-state index contributed by atoms with van der Waals surface area (Å²) >= 11 is 0. The van der Waals surface area contributed by atoms with E-state index in [-0.39, 0.29) is 29.5 Å². The number of nitrogens with two attached hydrogens (primary N) is 1. The normalized spacial score (nSPS) is 25.3. The van der Waals surface area contributed by atoms with Crippen molar-refractivity contribution in [1.82, 2.24) is 15.4 Å². The van der Waals surface area contributed by atoms with Gasteiger partial charge in [0.1, 0.15) is 0 Å². The first-order valence-electron chi connectivity index (χ1n) is 7.53. The number of hydrogen-bond donors (Lipinski definition) is 3. The number of carbonyl (C=O) groups is 3. The summed E-state index contributed by atoms with van der Waals surface area (Å²) in [4.78, 5) is 35.0. The summed E-state index contributed by atoms with van der Waals surface area (Å²) in [5.41, 5.74) is 4.99. The van der Waals surface area contributed by atoms with Crippen molar-refractivity contribution in [2.45, 2.75) is 31.9 Å². The number of rotatable bonds is 4.